The summed E-state index contributed by atoms with van der Waals surface area (Å²) in [5.74, 6) is 0. The van der Waals surface area contributed by atoms with E-state index in [-0.39, 0.29) is 0 Å². The first-order valence-corrected chi connectivity index (χ1v) is 5.57. The fourth-order valence-electron chi connectivity index (χ4n) is 1.06. The number of rotatable bonds is 5. The standard InChI is InChI=1S/C9H8O.C6H12/c1-2-8-3-5-9(7-10)6-4-8;1-3-5-6-4-2/h2-7H,1H2;3H,1,4-6H2,2H3. The minimum absolute atomic E-state index is 0.700. The van der Waals surface area contributed by atoms with Gasteiger partial charge in [0.15, 0.2) is 0 Å². The van der Waals surface area contributed by atoms with Gasteiger partial charge < -0.3 is 0 Å². The molecule has 0 saturated carbocycles. The molecule has 16 heavy (non-hydrogen) atoms. The molecule has 0 radical (unpaired) electrons. The highest BCUT2D eigenvalue weighted by atomic mass is 16.1. The van der Waals surface area contributed by atoms with Crippen molar-refractivity contribution in [2.75, 3.05) is 0 Å². The van der Waals surface area contributed by atoms with Crippen molar-refractivity contribution >= 4 is 12.4 Å². The molecule has 0 unspecified atom stereocenters. The number of hydrogen-bond donors (Lipinski definition) is 0. The topological polar surface area (TPSA) is 17.1 Å². The molecule has 1 aromatic carbocycles. The molecule has 0 saturated heterocycles. The van der Waals surface area contributed by atoms with Crippen molar-refractivity contribution in [3.63, 3.8) is 0 Å². The number of aldehydes is 1. The van der Waals surface area contributed by atoms with Gasteiger partial charge in [-0.1, -0.05) is 62.8 Å². The first kappa shape index (κ1) is 14.4. The maximum absolute atomic E-state index is 10.2. The van der Waals surface area contributed by atoms with Crippen LogP contribution in [-0.2, 0) is 0 Å². The van der Waals surface area contributed by atoms with Gasteiger partial charge in [-0.3, -0.25) is 4.79 Å². The molecule has 0 N–H and O–H groups in total. The van der Waals surface area contributed by atoms with Crippen LogP contribution in [0.2, 0.25) is 0 Å². The van der Waals surface area contributed by atoms with Crippen LogP contribution in [-0.4, -0.2) is 6.29 Å². The Hall–Kier alpha value is -1.63. The van der Waals surface area contributed by atoms with Crippen molar-refractivity contribution in [1.29, 1.82) is 0 Å². The van der Waals surface area contributed by atoms with Gasteiger partial charge in [-0.05, 0) is 12.0 Å². The lowest BCUT2D eigenvalue weighted by Crippen LogP contribution is -1.77. The van der Waals surface area contributed by atoms with E-state index < -0.39 is 0 Å². The van der Waals surface area contributed by atoms with Crippen molar-refractivity contribution in [2.24, 2.45) is 0 Å². The predicted molar refractivity (Wildman–Crippen MR) is 71.6 cm³/mol. The molecule has 0 fully saturated rings. The van der Waals surface area contributed by atoms with Crippen LogP contribution >= 0.6 is 0 Å². The van der Waals surface area contributed by atoms with Gasteiger partial charge in [0.05, 0.1) is 0 Å². The Kier molecular flexibility index (Phi) is 8.90. The molecule has 0 aliphatic carbocycles. The summed E-state index contributed by atoms with van der Waals surface area (Å²) >= 11 is 0. The van der Waals surface area contributed by atoms with Crippen molar-refractivity contribution in [1.82, 2.24) is 0 Å². The molecular weight excluding hydrogens is 196 g/mol. The molecular formula is C15H20O. The van der Waals surface area contributed by atoms with Crippen molar-refractivity contribution < 1.29 is 4.79 Å². The predicted octanol–water partition coefficient (Wildman–Crippen LogP) is 4.50. The highest BCUT2D eigenvalue weighted by Crippen LogP contribution is 2.02. The maximum atomic E-state index is 10.2. The summed E-state index contributed by atoms with van der Waals surface area (Å²) in [5.41, 5.74) is 1.73. The average Bonchev–Trinajstić information content (AvgIpc) is 2.37. The number of benzene rings is 1. The summed E-state index contributed by atoms with van der Waals surface area (Å²) < 4.78 is 0. The summed E-state index contributed by atoms with van der Waals surface area (Å²) in [5, 5.41) is 0. The summed E-state index contributed by atoms with van der Waals surface area (Å²) in [6.07, 6.45) is 8.29. The summed E-state index contributed by atoms with van der Waals surface area (Å²) in [4.78, 5) is 10.2. The molecule has 0 amide bonds. The third-order valence-corrected chi connectivity index (χ3v) is 2.07. The smallest absolute Gasteiger partial charge is 0.150 e. The molecule has 86 valence electrons. The highest BCUT2D eigenvalue weighted by molar-refractivity contribution is 5.75. The molecule has 0 aromatic heterocycles. The van der Waals surface area contributed by atoms with Crippen LogP contribution in [0.5, 0.6) is 0 Å². The second-order valence-electron chi connectivity index (χ2n) is 3.42. The monoisotopic (exact) mass is 216 g/mol. The fraction of sp³-hybridized carbons (Fsp3) is 0.267. The Balaban J connectivity index is 0.000000325. The van der Waals surface area contributed by atoms with Gasteiger partial charge >= 0.3 is 0 Å². The Bertz CT molecular complexity index is 282. The highest BCUT2D eigenvalue weighted by Gasteiger charge is 1.86. The Morgan fingerprint density at radius 2 is 1.69 bits per heavy atom. The van der Waals surface area contributed by atoms with E-state index in [1.54, 1.807) is 18.2 Å². The van der Waals surface area contributed by atoms with Crippen molar-refractivity contribution in [3.05, 3.63) is 54.6 Å². The molecule has 1 heteroatoms. The lowest BCUT2D eigenvalue weighted by atomic mass is 10.1. The quantitative estimate of drug-likeness (QED) is 0.402. The summed E-state index contributed by atoms with van der Waals surface area (Å²) in [6.45, 7) is 9.38. The SMILES string of the molecule is C=CCCCC.C=Cc1ccc(C=O)cc1. The van der Waals surface area contributed by atoms with Crippen molar-refractivity contribution in [2.45, 2.75) is 26.2 Å². The Morgan fingerprint density at radius 1 is 1.12 bits per heavy atom. The zero-order valence-electron chi connectivity index (χ0n) is 9.99. The summed E-state index contributed by atoms with van der Waals surface area (Å²) in [6, 6.07) is 7.25. The van der Waals surface area contributed by atoms with Crippen LogP contribution in [0.15, 0.2) is 43.5 Å². The van der Waals surface area contributed by atoms with Crippen LogP contribution in [0, 0.1) is 0 Å². The third-order valence-electron chi connectivity index (χ3n) is 2.07. The molecule has 0 aliphatic heterocycles. The van der Waals surface area contributed by atoms with Gasteiger partial charge in [0.2, 0.25) is 0 Å². The van der Waals surface area contributed by atoms with Gasteiger partial charge in [-0.2, -0.15) is 0 Å². The molecule has 1 aromatic rings. The fourth-order valence-corrected chi connectivity index (χ4v) is 1.06. The second kappa shape index (κ2) is 9.91. The molecule has 1 nitrogen and oxygen atoms in total. The lowest BCUT2D eigenvalue weighted by molar-refractivity contribution is 0.112. The lowest BCUT2D eigenvalue weighted by Gasteiger charge is -1.90. The van der Waals surface area contributed by atoms with E-state index in [1.807, 2.05) is 18.2 Å². The van der Waals surface area contributed by atoms with E-state index in [9.17, 15) is 4.79 Å². The van der Waals surface area contributed by atoms with Gasteiger partial charge in [0.25, 0.3) is 0 Å². The van der Waals surface area contributed by atoms with Crippen molar-refractivity contribution in [3.8, 4) is 0 Å². The minimum Gasteiger partial charge on any atom is -0.298 e. The molecule has 0 bridgehead atoms. The van der Waals surface area contributed by atoms with E-state index >= 15 is 0 Å². The van der Waals surface area contributed by atoms with E-state index in [2.05, 4.69) is 20.1 Å². The van der Waals surface area contributed by atoms with Gasteiger partial charge in [-0.25, -0.2) is 0 Å². The second-order valence-corrected chi connectivity index (χ2v) is 3.42. The number of carbonyl (C=O) groups is 1. The minimum atomic E-state index is 0.700. The molecule has 0 atom stereocenters. The number of carbonyl (C=O) groups excluding carboxylic acids is 1. The summed E-state index contributed by atoms with van der Waals surface area (Å²) in [7, 11) is 0. The Labute approximate surface area is 98.5 Å². The van der Waals surface area contributed by atoms with Crippen LogP contribution in [0.1, 0.15) is 42.1 Å². The van der Waals surface area contributed by atoms with Crippen LogP contribution in [0.4, 0.5) is 0 Å². The average molecular weight is 216 g/mol. The normalized spacial score (nSPS) is 8.56. The number of unbranched alkanes of at least 4 members (excludes halogenated alkanes) is 2. The third kappa shape index (κ3) is 6.77. The van der Waals surface area contributed by atoms with Gasteiger partial charge in [-0.15, -0.1) is 6.58 Å². The zero-order chi connectivity index (χ0) is 12.2. The molecule has 0 spiro atoms. The largest absolute Gasteiger partial charge is 0.298 e. The number of allylic oxidation sites excluding steroid dienone is 1. The van der Waals surface area contributed by atoms with Crippen LogP contribution in [0.25, 0.3) is 6.08 Å². The van der Waals surface area contributed by atoms with E-state index in [4.69, 9.17) is 0 Å². The van der Waals surface area contributed by atoms with Gasteiger partial charge in [0.1, 0.15) is 6.29 Å². The Morgan fingerprint density at radius 3 is 2.00 bits per heavy atom. The molecule has 0 heterocycles. The van der Waals surface area contributed by atoms with E-state index in [0.29, 0.717) is 5.56 Å². The van der Waals surface area contributed by atoms with Gasteiger partial charge in [0, 0.05) is 5.56 Å². The van der Waals surface area contributed by atoms with E-state index in [1.165, 1.54) is 19.3 Å². The zero-order valence-corrected chi connectivity index (χ0v) is 9.99. The molecule has 1 rings (SSSR count). The first-order chi connectivity index (χ1) is 7.78. The number of hydrogen-bond acceptors (Lipinski definition) is 1. The first-order valence-electron chi connectivity index (χ1n) is 5.57. The van der Waals surface area contributed by atoms with E-state index in [0.717, 1.165) is 11.8 Å². The van der Waals surface area contributed by atoms with Crippen LogP contribution in [0.3, 0.4) is 0 Å². The van der Waals surface area contributed by atoms with Crippen LogP contribution < -0.4 is 0 Å². The molecule has 0 aliphatic rings. The maximum Gasteiger partial charge on any atom is 0.150 e.